The second-order valence-corrected chi connectivity index (χ2v) is 8.51. The number of hydrogen-bond donors (Lipinski definition) is 2. The fourth-order valence-corrected chi connectivity index (χ4v) is 3.27. The van der Waals surface area contributed by atoms with Crippen LogP contribution in [-0.2, 0) is 22.3 Å². The molecule has 0 aliphatic rings. The van der Waals surface area contributed by atoms with Crippen molar-refractivity contribution >= 4 is 17.9 Å². The van der Waals surface area contributed by atoms with Crippen molar-refractivity contribution in [1.82, 2.24) is 10.6 Å². The third-order valence-electron chi connectivity index (χ3n) is 5.25. The van der Waals surface area contributed by atoms with E-state index < -0.39 is 65.4 Å². The normalized spacial score (nSPS) is 14.1. The average Bonchev–Trinajstić information content (AvgIpc) is 2.82. The van der Waals surface area contributed by atoms with Gasteiger partial charge in [-0.05, 0) is 46.5 Å². The number of hydrogen-bond acceptors (Lipinski definition) is 2. The van der Waals surface area contributed by atoms with Gasteiger partial charge in [-0.15, -0.1) is 0 Å². The van der Waals surface area contributed by atoms with Gasteiger partial charge in [0.05, 0.1) is 5.56 Å². The molecule has 2 N–H and O–H groups in total. The zero-order valence-electron chi connectivity index (χ0n) is 19.9. The lowest BCUT2D eigenvalue weighted by Crippen LogP contribution is -2.37. The van der Waals surface area contributed by atoms with Gasteiger partial charge in [0.1, 0.15) is 0 Å². The number of carbonyl (C=O) groups excluding carboxylic acids is 2. The summed E-state index contributed by atoms with van der Waals surface area (Å²) in [6.45, 7) is 2.90. The summed E-state index contributed by atoms with van der Waals surface area (Å²) in [4.78, 5) is 24.0. The van der Waals surface area contributed by atoms with E-state index in [-0.39, 0.29) is 23.7 Å². The Labute approximate surface area is 211 Å². The van der Waals surface area contributed by atoms with Crippen LogP contribution in [0.3, 0.4) is 0 Å². The molecule has 13 heteroatoms. The first kappa shape index (κ1) is 30.7. The zero-order chi connectivity index (χ0) is 28.8. The molecule has 208 valence electrons. The van der Waals surface area contributed by atoms with Gasteiger partial charge in [-0.1, -0.05) is 38.1 Å². The second-order valence-electron chi connectivity index (χ2n) is 8.51. The Morgan fingerprint density at radius 2 is 1.61 bits per heavy atom. The van der Waals surface area contributed by atoms with Gasteiger partial charge in [-0.25, -0.2) is 13.2 Å². The lowest BCUT2D eigenvalue weighted by atomic mass is 9.99. The molecule has 0 heterocycles. The average molecular weight is 554 g/mol. The molecule has 2 aromatic carbocycles. The summed E-state index contributed by atoms with van der Waals surface area (Å²) >= 11 is 0. The van der Waals surface area contributed by atoms with Crippen LogP contribution in [0.1, 0.15) is 53.9 Å². The smallest absolute Gasteiger partial charge is 0.352 e. The molecule has 0 bridgehead atoms. The first-order valence-electron chi connectivity index (χ1n) is 11.1. The molecule has 4 nitrogen and oxygen atoms in total. The van der Waals surface area contributed by atoms with E-state index >= 15 is 0 Å². The van der Waals surface area contributed by atoms with E-state index in [1.807, 2.05) is 0 Å². The van der Waals surface area contributed by atoms with Gasteiger partial charge in [0.15, 0.2) is 12.2 Å². The first-order valence-corrected chi connectivity index (χ1v) is 11.1. The first-order chi connectivity index (χ1) is 17.5. The van der Waals surface area contributed by atoms with Crippen molar-refractivity contribution in [3.05, 3.63) is 76.4 Å². The molecular weight excluding hydrogens is 531 g/mol. The van der Waals surface area contributed by atoms with E-state index in [1.54, 1.807) is 19.2 Å². The van der Waals surface area contributed by atoms with Crippen molar-refractivity contribution in [3.63, 3.8) is 0 Å². The quantitative estimate of drug-likeness (QED) is 0.268. The lowest BCUT2D eigenvalue weighted by Gasteiger charge is -2.22. The number of nitrogens with one attached hydrogen (secondary N) is 2. The highest BCUT2D eigenvalue weighted by molar-refractivity contribution is 5.92. The molecule has 2 rings (SSSR count). The molecule has 0 aromatic heterocycles. The highest BCUT2D eigenvalue weighted by Crippen LogP contribution is 2.36. The van der Waals surface area contributed by atoms with Crippen LogP contribution in [0.2, 0.25) is 0 Å². The van der Waals surface area contributed by atoms with Crippen LogP contribution >= 0.6 is 0 Å². The Hall–Kier alpha value is -3.51. The third-order valence-corrected chi connectivity index (χ3v) is 5.25. The van der Waals surface area contributed by atoms with Gasteiger partial charge in [0.2, 0.25) is 11.8 Å². The summed E-state index contributed by atoms with van der Waals surface area (Å²) in [6.07, 6.45) is -14.7. The second kappa shape index (κ2) is 12.4. The predicted molar refractivity (Wildman–Crippen MR) is 120 cm³/mol. The number of carbonyl (C=O) groups is 2. The van der Waals surface area contributed by atoms with Crippen LogP contribution < -0.4 is 10.6 Å². The number of benzene rings is 2. The van der Waals surface area contributed by atoms with Crippen molar-refractivity contribution in [2.75, 3.05) is 0 Å². The van der Waals surface area contributed by atoms with Gasteiger partial charge in [0, 0.05) is 18.5 Å². The van der Waals surface area contributed by atoms with Gasteiger partial charge in [-0.3, -0.25) is 9.59 Å². The molecule has 0 radical (unpaired) electrons. The van der Waals surface area contributed by atoms with E-state index in [0.29, 0.717) is 12.1 Å². The van der Waals surface area contributed by atoms with E-state index in [2.05, 4.69) is 5.32 Å². The largest absolute Gasteiger partial charge is 0.416 e. The van der Waals surface area contributed by atoms with Crippen molar-refractivity contribution in [2.24, 2.45) is 5.92 Å². The maximum atomic E-state index is 14.2. The summed E-state index contributed by atoms with van der Waals surface area (Å²) < 4.78 is 120. The van der Waals surface area contributed by atoms with Gasteiger partial charge in [-0.2, -0.15) is 26.3 Å². The maximum absolute atomic E-state index is 14.2. The molecule has 0 aliphatic heterocycles. The third kappa shape index (κ3) is 8.52. The minimum Gasteiger partial charge on any atom is -0.352 e. The number of rotatable bonds is 9. The van der Waals surface area contributed by atoms with E-state index in [1.165, 1.54) is 12.1 Å². The fourth-order valence-electron chi connectivity index (χ4n) is 3.27. The fraction of sp³-hybridized carbons (Fsp3) is 0.360. The Bertz CT molecular complexity index is 1160. The number of alkyl halides is 9. The van der Waals surface area contributed by atoms with E-state index in [0.717, 1.165) is 24.3 Å². The minimum atomic E-state index is -5.15. The number of halogens is 9. The predicted octanol–water partition coefficient (Wildman–Crippen LogP) is 6.69. The van der Waals surface area contributed by atoms with Crippen molar-refractivity contribution < 1.29 is 49.1 Å². The summed E-state index contributed by atoms with van der Waals surface area (Å²) in [7, 11) is 0. The number of amides is 2. The summed E-state index contributed by atoms with van der Waals surface area (Å²) in [5.74, 6) is -2.19. The van der Waals surface area contributed by atoms with Gasteiger partial charge in [0.25, 0.3) is 6.43 Å². The molecule has 2 atom stereocenters. The minimum absolute atomic E-state index is 0.0232. The van der Waals surface area contributed by atoms with Crippen LogP contribution in [0.4, 0.5) is 39.5 Å². The molecule has 2 unspecified atom stereocenters. The standard InChI is InChI=1S/C25H23F9N2O2/c1-13(2)23(38)35-12-16-8-6-14(10-18(16)20(26)22(27)28)7-9-19(37)36-21(25(32,33)34)15-4-3-5-17(11-15)24(29,30)31/h3-11,13,20-22H,12H2,1-2H3,(H,35,38)(H,36,37). The van der Waals surface area contributed by atoms with Crippen LogP contribution in [0.25, 0.3) is 6.08 Å². The molecule has 2 aromatic rings. The molecule has 0 saturated carbocycles. The topological polar surface area (TPSA) is 58.2 Å². The molecule has 38 heavy (non-hydrogen) atoms. The Balaban J connectivity index is 2.28. The molecule has 0 fully saturated rings. The highest BCUT2D eigenvalue weighted by atomic mass is 19.4. The molecule has 0 saturated heterocycles. The SMILES string of the molecule is CC(C)C(=O)NCc1ccc(C=CC(=O)NC(c2cccc(C(F)(F)F)c2)C(F)(F)F)cc1C(F)C(F)F. The summed E-state index contributed by atoms with van der Waals surface area (Å²) in [5.41, 5.74) is -2.70. The van der Waals surface area contributed by atoms with E-state index in [4.69, 9.17) is 0 Å². The van der Waals surface area contributed by atoms with Crippen molar-refractivity contribution in [1.29, 1.82) is 0 Å². The molecular formula is C25H23F9N2O2. The monoisotopic (exact) mass is 554 g/mol. The van der Waals surface area contributed by atoms with Gasteiger partial charge < -0.3 is 10.6 Å². The van der Waals surface area contributed by atoms with Crippen LogP contribution in [0.15, 0.2) is 48.5 Å². The Kier molecular flexibility index (Phi) is 9.99. The zero-order valence-corrected chi connectivity index (χ0v) is 19.9. The molecule has 2 amide bonds. The maximum Gasteiger partial charge on any atom is 0.416 e. The van der Waals surface area contributed by atoms with Gasteiger partial charge >= 0.3 is 12.4 Å². The summed E-state index contributed by atoms with van der Waals surface area (Å²) in [6, 6.07) is 3.01. The van der Waals surface area contributed by atoms with Crippen LogP contribution in [0.5, 0.6) is 0 Å². The van der Waals surface area contributed by atoms with Crippen LogP contribution in [-0.4, -0.2) is 24.4 Å². The Morgan fingerprint density at radius 1 is 0.947 bits per heavy atom. The van der Waals surface area contributed by atoms with Crippen LogP contribution in [0, 0.1) is 5.92 Å². The van der Waals surface area contributed by atoms with E-state index in [9.17, 15) is 49.1 Å². The van der Waals surface area contributed by atoms with Crippen molar-refractivity contribution in [2.45, 2.75) is 51.4 Å². The van der Waals surface area contributed by atoms with Crippen molar-refractivity contribution in [3.8, 4) is 0 Å². The summed E-state index contributed by atoms with van der Waals surface area (Å²) in [5, 5.41) is 4.03. The molecule has 0 spiro atoms. The lowest BCUT2D eigenvalue weighted by molar-refractivity contribution is -0.162. The Morgan fingerprint density at radius 3 is 2.16 bits per heavy atom. The molecule has 0 aliphatic carbocycles. The highest BCUT2D eigenvalue weighted by Gasteiger charge is 2.42.